The second-order valence-corrected chi connectivity index (χ2v) is 9.61. The van der Waals surface area contributed by atoms with Gasteiger partial charge in [-0.3, -0.25) is 4.79 Å². The maximum atomic E-state index is 12.1. The first kappa shape index (κ1) is 20.6. The first-order chi connectivity index (χ1) is 14.2. The van der Waals surface area contributed by atoms with Gasteiger partial charge in [0.15, 0.2) is 0 Å². The number of nitrogens with zero attached hydrogens (tertiary/aromatic N) is 1. The van der Waals surface area contributed by atoms with Crippen molar-refractivity contribution in [3.05, 3.63) is 59.7 Å². The van der Waals surface area contributed by atoms with Gasteiger partial charge in [0.05, 0.1) is 12.5 Å². The largest absolute Gasteiger partial charge is 0.466 e. The standard InChI is InChI=1S/C24H27NO2S2/c1-2-27-24(26)19-9-7-13-25(17-19)14-15-28-23-16-18-8-3-5-11-21(18)29-22-12-6-4-10-20(22)23/h3-6,8,10-12,16,19H,2,7,9,13-15,17H2,1H3/t19-/m1/s1. The summed E-state index contributed by atoms with van der Waals surface area (Å²) in [7, 11) is 0. The first-order valence-electron chi connectivity index (χ1n) is 10.3. The molecule has 2 aromatic carbocycles. The van der Waals surface area contributed by atoms with Crippen LogP contribution in [0.5, 0.6) is 0 Å². The molecule has 0 amide bonds. The average Bonchev–Trinajstić information content (AvgIpc) is 2.91. The molecule has 4 rings (SSSR count). The number of likely N-dealkylation sites (tertiary alicyclic amines) is 1. The minimum Gasteiger partial charge on any atom is -0.466 e. The van der Waals surface area contributed by atoms with Crippen LogP contribution in [0.2, 0.25) is 0 Å². The van der Waals surface area contributed by atoms with Crippen LogP contribution in [0.15, 0.2) is 58.3 Å². The lowest BCUT2D eigenvalue weighted by molar-refractivity contribution is -0.149. The molecule has 2 heterocycles. The van der Waals surface area contributed by atoms with E-state index >= 15 is 0 Å². The number of esters is 1. The molecule has 0 unspecified atom stereocenters. The van der Waals surface area contributed by atoms with Crippen LogP contribution in [0.4, 0.5) is 0 Å². The van der Waals surface area contributed by atoms with E-state index in [1.165, 1.54) is 25.8 Å². The van der Waals surface area contributed by atoms with E-state index in [9.17, 15) is 4.79 Å². The Morgan fingerprint density at radius 2 is 1.97 bits per heavy atom. The molecule has 1 atom stereocenters. The Kier molecular flexibility index (Phi) is 7.01. The Morgan fingerprint density at radius 3 is 2.83 bits per heavy atom. The van der Waals surface area contributed by atoms with E-state index in [0.29, 0.717) is 6.61 Å². The van der Waals surface area contributed by atoms with E-state index in [-0.39, 0.29) is 11.9 Å². The molecule has 0 radical (unpaired) electrons. The van der Waals surface area contributed by atoms with Gasteiger partial charge < -0.3 is 9.64 Å². The van der Waals surface area contributed by atoms with Crippen molar-refractivity contribution in [2.75, 3.05) is 32.0 Å². The summed E-state index contributed by atoms with van der Waals surface area (Å²) in [5, 5.41) is 0. The zero-order chi connectivity index (χ0) is 20.1. The molecule has 1 fully saturated rings. The molecule has 2 aromatic rings. The van der Waals surface area contributed by atoms with Crippen molar-refractivity contribution in [1.29, 1.82) is 0 Å². The summed E-state index contributed by atoms with van der Waals surface area (Å²) in [6, 6.07) is 17.3. The highest BCUT2D eigenvalue weighted by Gasteiger charge is 2.26. The maximum Gasteiger partial charge on any atom is 0.310 e. The van der Waals surface area contributed by atoms with E-state index in [0.717, 1.165) is 38.2 Å². The van der Waals surface area contributed by atoms with Crippen LogP contribution >= 0.6 is 23.5 Å². The molecule has 5 heteroatoms. The predicted molar refractivity (Wildman–Crippen MR) is 123 cm³/mol. The van der Waals surface area contributed by atoms with Crippen molar-refractivity contribution in [3.8, 4) is 0 Å². The number of hydrogen-bond acceptors (Lipinski definition) is 5. The van der Waals surface area contributed by atoms with Crippen molar-refractivity contribution in [2.24, 2.45) is 5.92 Å². The molecule has 0 N–H and O–H groups in total. The molecule has 2 aliphatic heterocycles. The quantitative estimate of drug-likeness (QED) is 0.557. The monoisotopic (exact) mass is 425 g/mol. The number of fused-ring (bicyclic) bond motifs is 2. The van der Waals surface area contributed by atoms with Crippen LogP contribution in [0, 0.1) is 5.92 Å². The predicted octanol–water partition coefficient (Wildman–Crippen LogP) is 5.66. The van der Waals surface area contributed by atoms with Gasteiger partial charge in [-0.05, 0) is 50.1 Å². The maximum absolute atomic E-state index is 12.1. The van der Waals surface area contributed by atoms with Gasteiger partial charge in [-0.25, -0.2) is 0 Å². The summed E-state index contributed by atoms with van der Waals surface area (Å²) in [6.07, 6.45) is 4.36. The summed E-state index contributed by atoms with van der Waals surface area (Å²) in [4.78, 5) is 18.5. The molecule has 0 saturated carbocycles. The van der Waals surface area contributed by atoms with Crippen LogP contribution in [-0.2, 0) is 9.53 Å². The zero-order valence-electron chi connectivity index (χ0n) is 16.8. The fraction of sp³-hybridized carbons (Fsp3) is 0.375. The van der Waals surface area contributed by atoms with Gasteiger partial charge in [-0.15, -0.1) is 11.8 Å². The zero-order valence-corrected chi connectivity index (χ0v) is 18.4. The van der Waals surface area contributed by atoms with Crippen LogP contribution in [0.1, 0.15) is 30.9 Å². The van der Waals surface area contributed by atoms with Gasteiger partial charge in [0, 0.05) is 39.1 Å². The minimum absolute atomic E-state index is 0.0288. The van der Waals surface area contributed by atoms with E-state index in [2.05, 4.69) is 59.5 Å². The van der Waals surface area contributed by atoms with E-state index in [1.807, 2.05) is 30.4 Å². The number of benzene rings is 2. The Bertz CT molecular complexity index is 896. The molecule has 152 valence electrons. The number of piperidine rings is 1. The number of thioether (sulfide) groups is 1. The fourth-order valence-corrected chi connectivity index (χ4v) is 6.15. The van der Waals surface area contributed by atoms with Crippen molar-refractivity contribution >= 4 is 40.5 Å². The molecule has 0 bridgehead atoms. The van der Waals surface area contributed by atoms with Gasteiger partial charge in [-0.1, -0.05) is 48.2 Å². The molecule has 0 aliphatic carbocycles. The highest BCUT2D eigenvalue weighted by Crippen LogP contribution is 2.43. The van der Waals surface area contributed by atoms with E-state index in [4.69, 9.17) is 4.74 Å². The van der Waals surface area contributed by atoms with Gasteiger partial charge in [-0.2, -0.15) is 0 Å². The average molecular weight is 426 g/mol. The van der Waals surface area contributed by atoms with Gasteiger partial charge in [0.2, 0.25) is 0 Å². The van der Waals surface area contributed by atoms with E-state index < -0.39 is 0 Å². The lowest BCUT2D eigenvalue weighted by atomic mass is 9.98. The normalized spacial score (nSPS) is 18.9. The highest BCUT2D eigenvalue weighted by molar-refractivity contribution is 8.08. The molecule has 0 spiro atoms. The van der Waals surface area contributed by atoms with Crippen molar-refractivity contribution in [2.45, 2.75) is 29.6 Å². The molecule has 2 aliphatic rings. The summed E-state index contributed by atoms with van der Waals surface area (Å²) in [6.45, 7) is 5.25. The second kappa shape index (κ2) is 9.88. The summed E-state index contributed by atoms with van der Waals surface area (Å²) in [5.74, 6) is 1.02. The molecular weight excluding hydrogens is 398 g/mol. The number of carbonyl (C=O) groups is 1. The molecule has 0 aromatic heterocycles. The molecule has 3 nitrogen and oxygen atoms in total. The highest BCUT2D eigenvalue weighted by atomic mass is 32.2. The van der Waals surface area contributed by atoms with Crippen molar-refractivity contribution in [1.82, 2.24) is 4.90 Å². The van der Waals surface area contributed by atoms with Crippen molar-refractivity contribution in [3.63, 3.8) is 0 Å². The van der Waals surface area contributed by atoms with Crippen LogP contribution in [-0.4, -0.2) is 42.9 Å². The lowest BCUT2D eigenvalue weighted by Crippen LogP contribution is -2.40. The molecular formula is C24H27NO2S2. The minimum atomic E-state index is -0.0288. The lowest BCUT2D eigenvalue weighted by Gasteiger charge is -2.31. The smallest absolute Gasteiger partial charge is 0.310 e. The van der Waals surface area contributed by atoms with Crippen LogP contribution in [0.25, 0.3) is 11.0 Å². The Morgan fingerprint density at radius 1 is 1.17 bits per heavy atom. The summed E-state index contributed by atoms with van der Waals surface area (Å²) in [5.41, 5.74) is 2.61. The van der Waals surface area contributed by atoms with Crippen LogP contribution < -0.4 is 0 Å². The van der Waals surface area contributed by atoms with Gasteiger partial charge in [0.1, 0.15) is 0 Å². The van der Waals surface area contributed by atoms with Crippen LogP contribution in [0.3, 0.4) is 0 Å². The summed E-state index contributed by atoms with van der Waals surface area (Å²) >= 11 is 3.77. The SMILES string of the molecule is CCOC(=O)[C@@H]1CCCN(CCSC2=Cc3ccccc3Sc3ccccc32)C1. The third-order valence-corrected chi connectivity index (χ3v) is 7.57. The number of carbonyl (C=O) groups excluding carboxylic acids is 1. The van der Waals surface area contributed by atoms with Gasteiger partial charge in [0.25, 0.3) is 0 Å². The number of hydrogen-bond donors (Lipinski definition) is 0. The molecule has 29 heavy (non-hydrogen) atoms. The fourth-order valence-electron chi connectivity index (χ4n) is 3.90. The topological polar surface area (TPSA) is 29.5 Å². The third kappa shape index (κ3) is 5.08. The Balaban J connectivity index is 1.42. The van der Waals surface area contributed by atoms with Crippen molar-refractivity contribution < 1.29 is 9.53 Å². The Hall–Kier alpha value is -1.69. The Labute approximate surface area is 181 Å². The third-order valence-electron chi connectivity index (χ3n) is 5.37. The van der Waals surface area contributed by atoms with E-state index in [1.54, 1.807) is 0 Å². The first-order valence-corrected chi connectivity index (χ1v) is 12.1. The number of ether oxygens (including phenoxy) is 1. The number of rotatable bonds is 6. The second-order valence-electron chi connectivity index (χ2n) is 7.38. The van der Waals surface area contributed by atoms with Gasteiger partial charge >= 0.3 is 5.97 Å². The summed E-state index contributed by atoms with van der Waals surface area (Å²) < 4.78 is 5.23. The molecule has 1 saturated heterocycles.